The van der Waals surface area contributed by atoms with Gasteiger partial charge in [0.1, 0.15) is 18.0 Å². The molecule has 0 spiro atoms. The highest BCUT2D eigenvalue weighted by atomic mass is 79.9. The minimum absolute atomic E-state index is 0.937. The summed E-state index contributed by atoms with van der Waals surface area (Å²) in [5.41, 5.74) is 0. The van der Waals surface area contributed by atoms with Crippen molar-refractivity contribution < 1.29 is 0 Å². The van der Waals surface area contributed by atoms with Gasteiger partial charge in [0.05, 0.1) is 4.47 Å². The first-order valence-corrected chi connectivity index (χ1v) is 7.00. The van der Waals surface area contributed by atoms with Crippen LogP contribution in [-0.4, -0.2) is 41.1 Å². The fourth-order valence-corrected chi connectivity index (χ4v) is 2.70. The molecule has 0 bridgehead atoms. The maximum atomic E-state index is 4.39. The molecule has 0 aliphatic carbocycles. The molecule has 2 aromatic heterocycles. The van der Waals surface area contributed by atoms with E-state index in [0.29, 0.717) is 0 Å². The van der Waals surface area contributed by atoms with Gasteiger partial charge in [-0.1, -0.05) is 6.07 Å². The Kier molecular flexibility index (Phi) is 3.59. The van der Waals surface area contributed by atoms with E-state index >= 15 is 0 Å². The van der Waals surface area contributed by atoms with Crippen molar-refractivity contribution in [2.24, 2.45) is 0 Å². The van der Waals surface area contributed by atoms with E-state index in [9.17, 15) is 0 Å². The van der Waals surface area contributed by atoms with Crippen molar-refractivity contribution in [2.45, 2.75) is 0 Å². The summed E-state index contributed by atoms with van der Waals surface area (Å²) in [4.78, 5) is 17.3. The van der Waals surface area contributed by atoms with E-state index in [1.807, 2.05) is 18.3 Å². The van der Waals surface area contributed by atoms with E-state index in [4.69, 9.17) is 0 Å². The Balaban J connectivity index is 1.69. The number of hydrogen-bond donors (Lipinski definition) is 0. The molecule has 0 amide bonds. The van der Waals surface area contributed by atoms with Crippen molar-refractivity contribution in [1.82, 2.24) is 15.0 Å². The molecule has 3 rings (SSSR count). The van der Waals surface area contributed by atoms with Crippen molar-refractivity contribution in [3.05, 3.63) is 41.4 Å². The van der Waals surface area contributed by atoms with Crippen LogP contribution in [0.5, 0.6) is 0 Å². The summed E-state index contributed by atoms with van der Waals surface area (Å²) in [5, 5.41) is 0. The fraction of sp³-hybridized carbons (Fsp3) is 0.308. The van der Waals surface area contributed by atoms with Gasteiger partial charge in [0.15, 0.2) is 0 Å². The zero-order chi connectivity index (χ0) is 13.1. The molecule has 1 aliphatic heterocycles. The van der Waals surface area contributed by atoms with E-state index in [1.54, 1.807) is 12.5 Å². The zero-order valence-corrected chi connectivity index (χ0v) is 12.0. The van der Waals surface area contributed by atoms with Gasteiger partial charge in [-0.25, -0.2) is 15.0 Å². The third-order valence-electron chi connectivity index (χ3n) is 3.20. The first-order valence-electron chi connectivity index (χ1n) is 6.21. The number of piperazine rings is 1. The van der Waals surface area contributed by atoms with Gasteiger partial charge in [0.25, 0.3) is 0 Å². The lowest BCUT2D eigenvalue weighted by atomic mass is 10.3. The van der Waals surface area contributed by atoms with Gasteiger partial charge in [-0.15, -0.1) is 0 Å². The molecule has 0 N–H and O–H groups in total. The summed E-state index contributed by atoms with van der Waals surface area (Å²) < 4.78 is 0.946. The predicted octanol–water partition coefficient (Wildman–Crippen LogP) is 1.96. The fourth-order valence-electron chi connectivity index (χ4n) is 2.23. The number of nitrogens with zero attached hydrogens (tertiary/aromatic N) is 5. The van der Waals surface area contributed by atoms with Crippen LogP contribution < -0.4 is 9.80 Å². The Morgan fingerprint density at radius 3 is 2.47 bits per heavy atom. The van der Waals surface area contributed by atoms with Crippen molar-refractivity contribution in [3.63, 3.8) is 0 Å². The Hall–Kier alpha value is -1.69. The molecule has 2 aromatic rings. The molecular weight excluding hydrogens is 306 g/mol. The first kappa shape index (κ1) is 12.3. The van der Waals surface area contributed by atoms with Gasteiger partial charge in [0.2, 0.25) is 0 Å². The topological polar surface area (TPSA) is 45.2 Å². The molecule has 19 heavy (non-hydrogen) atoms. The molecule has 3 heterocycles. The Labute approximate surface area is 120 Å². The molecule has 0 aromatic carbocycles. The smallest absolute Gasteiger partial charge is 0.146 e. The normalized spacial score (nSPS) is 15.6. The lowest BCUT2D eigenvalue weighted by Gasteiger charge is -2.36. The average Bonchev–Trinajstić information content (AvgIpc) is 2.49. The number of hydrogen-bond acceptors (Lipinski definition) is 5. The number of anilines is 2. The Morgan fingerprint density at radius 1 is 1.00 bits per heavy atom. The molecular formula is C13H14BrN5. The van der Waals surface area contributed by atoms with Gasteiger partial charge >= 0.3 is 0 Å². The van der Waals surface area contributed by atoms with Crippen LogP contribution in [-0.2, 0) is 0 Å². The van der Waals surface area contributed by atoms with Crippen LogP contribution in [0.1, 0.15) is 0 Å². The van der Waals surface area contributed by atoms with Crippen LogP contribution in [0.25, 0.3) is 0 Å². The second kappa shape index (κ2) is 5.52. The zero-order valence-electron chi connectivity index (χ0n) is 10.4. The van der Waals surface area contributed by atoms with Crippen molar-refractivity contribution in [3.8, 4) is 0 Å². The van der Waals surface area contributed by atoms with E-state index in [1.165, 1.54) is 0 Å². The molecule has 1 aliphatic rings. The SMILES string of the molecule is Brc1cncnc1N1CCN(c2ccccn2)CC1. The molecule has 0 unspecified atom stereocenters. The van der Waals surface area contributed by atoms with Gasteiger partial charge in [0, 0.05) is 38.6 Å². The van der Waals surface area contributed by atoms with Gasteiger partial charge in [-0.2, -0.15) is 0 Å². The van der Waals surface area contributed by atoms with E-state index in [-0.39, 0.29) is 0 Å². The molecule has 1 fully saturated rings. The summed E-state index contributed by atoms with van der Waals surface area (Å²) in [6, 6.07) is 6.02. The maximum absolute atomic E-state index is 4.39. The van der Waals surface area contributed by atoms with Gasteiger partial charge < -0.3 is 9.80 Å². The van der Waals surface area contributed by atoms with Crippen LogP contribution in [0.4, 0.5) is 11.6 Å². The Bertz CT molecular complexity index is 540. The molecule has 6 heteroatoms. The third-order valence-corrected chi connectivity index (χ3v) is 3.76. The summed E-state index contributed by atoms with van der Waals surface area (Å²) in [6.45, 7) is 3.78. The van der Waals surface area contributed by atoms with Crippen LogP contribution in [0.3, 0.4) is 0 Å². The molecule has 5 nitrogen and oxygen atoms in total. The van der Waals surface area contributed by atoms with E-state index in [0.717, 1.165) is 42.3 Å². The summed E-state index contributed by atoms with van der Waals surface area (Å²) >= 11 is 3.50. The van der Waals surface area contributed by atoms with Crippen molar-refractivity contribution >= 4 is 27.6 Å². The van der Waals surface area contributed by atoms with Gasteiger partial charge in [-0.05, 0) is 28.1 Å². The van der Waals surface area contributed by atoms with Crippen LogP contribution in [0, 0.1) is 0 Å². The highest BCUT2D eigenvalue weighted by Gasteiger charge is 2.20. The van der Waals surface area contributed by atoms with Crippen LogP contribution >= 0.6 is 15.9 Å². The number of aromatic nitrogens is 3. The van der Waals surface area contributed by atoms with Crippen LogP contribution in [0.2, 0.25) is 0 Å². The number of rotatable bonds is 2. The van der Waals surface area contributed by atoms with Crippen LogP contribution in [0.15, 0.2) is 41.4 Å². The highest BCUT2D eigenvalue weighted by Crippen LogP contribution is 2.23. The molecule has 0 saturated carbocycles. The second-order valence-corrected chi connectivity index (χ2v) is 5.21. The summed E-state index contributed by atoms with van der Waals surface area (Å²) in [6.07, 6.45) is 5.21. The third kappa shape index (κ3) is 2.68. The molecule has 98 valence electrons. The maximum Gasteiger partial charge on any atom is 0.146 e. The minimum atomic E-state index is 0.937. The minimum Gasteiger partial charge on any atom is -0.353 e. The highest BCUT2D eigenvalue weighted by molar-refractivity contribution is 9.10. The van der Waals surface area contributed by atoms with E-state index in [2.05, 4.69) is 46.7 Å². The van der Waals surface area contributed by atoms with Crippen molar-refractivity contribution in [2.75, 3.05) is 36.0 Å². The molecule has 0 atom stereocenters. The monoisotopic (exact) mass is 319 g/mol. The van der Waals surface area contributed by atoms with E-state index < -0.39 is 0 Å². The van der Waals surface area contributed by atoms with Gasteiger partial charge in [-0.3, -0.25) is 0 Å². The second-order valence-electron chi connectivity index (χ2n) is 4.36. The number of halogens is 1. The standard InChI is InChI=1S/C13H14BrN5/c14-11-9-15-10-17-13(11)19-7-5-18(6-8-19)12-3-1-2-4-16-12/h1-4,9-10H,5-8H2. The number of pyridine rings is 1. The molecule has 1 saturated heterocycles. The summed E-state index contributed by atoms with van der Waals surface area (Å²) in [5.74, 6) is 2.01. The lowest BCUT2D eigenvalue weighted by molar-refractivity contribution is 0.640. The predicted molar refractivity (Wildman–Crippen MR) is 78.4 cm³/mol. The summed E-state index contributed by atoms with van der Waals surface area (Å²) in [7, 11) is 0. The first-order chi connectivity index (χ1) is 9.34. The van der Waals surface area contributed by atoms with Crippen molar-refractivity contribution in [1.29, 1.82) is 0 Å². The lowest BCUT2D eigenvalue weighted by Crippen LogP contribution is -2.47. The largest absolute Gasteiger partial charge is 0.353 e. The molecule has 0 radical (unpaired) electrons. The average molecular weight is 320 g/mol. The quantitative estimate of drug-likeness (QED) is 0.846. The Morgan fingerprint density at radius 2 is 1.79 bits per heavy atom.